The summed E-state index contributed by atoms with van der Waals surface area (Å²) in [7, 11) is 0. The topological polar surface area (TPSA) is 48.1 Å². The molecule has 0 spiro atoms. The Morgan fingerprint density at radius 1 is 1.21 bits per heavy atom. The lowest BCUT2D eigenvalue weighted by molar-refractivity contribution is 0.469. The summed E-state index contributed by atoms with van der Waals surface area (Å²) in [4.78, 5) is 4.10. The van der Waals surface area contributed by atoms with Crippen LogP contribution < -0.4 is 10.5 Å². The maximum absolute atomic E-state index is 5.98. The monoisotopic (exact) mass is 256 g/mol. The summed E-state index contributed by atoms with van der Waals surface area (Å²) < 4.78 is 5.98. The Hall–Kier alpha value is -1.87. The van der Waals surface area contributed by atoms with Gasteiger partial charge in [0.05, 0.1) is 6.20 Å². The minimum absolute atomic E-state index is 0.445. The molecule has 2 aromatic rings. The molecule has 2 N–H and O–H groups in total. The van der Waals surface area contributed by atoms with Crippen molar-refractivity contribution in [1.82, 2.24) is 4.98 Å². The fourth-order valence-electron chi connectivity index (χ4n) is 1.87. The van der Waals surface area contributed by atoms with E-state index in [0.717, 1.165) is 22.6 Å². The van der Waals surface area contributed by atoms with Crippen LogP contribution in [-0.4, -0.2) is 4.98 Å². The summed E-state index contributed by atoms with van der Waals surface area (Å²) in [6.45, 7) is 6.83. The van der Waals surface area contributed by atoms with Crippen molar-refractivity contribution in [3.8, 4) is 11.5 Å². The van der Waals surface area contributed by atoms with E-state index >= 15 is 0 Å². The molecule has 0 saturated carbocycles. The van der Waals surface area contributed by atoms with Crippen molar-refractivity contribution in [3.63, 3.8) is 0 Å². The molecule has 0 aliphatic carbocycles. The van der Waals surface area contributed by atoms with Gasteiger partial charge in [0.1, 0.15) is 11.5 Å². The van der Waals surface area contributed by atoms with Crippen molar-refractivity contribution < 1.29 is 4.74 Å². The predicted molar refractivity (Wildman–Crippen MR) is 77.5 cm³/mol. The van der Waals surface area contributed by atoms with Crippen LogP contribution in [0.3, 0.4) is 0 Å². The van der Waals surface area contributed by atoms with Crippen molar-refractivity contribution in [3.05, 3.63) is 53.3 Å². The number of ether oxygens (including phenoxy) is 1. The first-order valence-electron chi connectivity index (χ1n) is 6.53. The van der Waals surface area contributed by atoms with Crippen LogP contribution >= 0.6 is 0 Å². The number of nitrogens with zero attached hydrogens (tertiary/aromatic N) is 1. The lowest BCUT2D eigenvalue weighted by Gasteiger charge is -2.14. The second kappa shape index (κ2) is 5.85. The molecule has 1 heterocycles. The molecule has 0 unspecified atom stereocenters. The lowest BCUT2D eigenvalue weighted by Crippen LogP contribution is -2.00. The summed E-state index contributed by atoms with van der Waals surface area (Å²) >= 11 is 0. The fraction of sp³-hybridized carbons (Fsp3) is 0.312. The molecule has 2 rings (SSSR count). The number of aromatic nitrogens is 1. The second-order valence-electron chi connectivity index (χ2n) is 4.97. The van der Waals surface area contributed by atoms with Crippen LogP contribution in [0.5, 0.6) is 11.5 Å². The van der Waals surface area contributed by atoms with Gasteiger partial charge in [-0.2, -0.15) is 0 Å². The summed E-state index contributed by atoms with van der Waals surface area (Å²) in [5, 5.41) is 0. The van der Waals surface area contributed by atoms with E-state index in [9.17, 15) is 0 Å². The molecule has 100 valence electrons. The highest BCUT2D eigenvalue weighted by Crippen LogP contribution is 2.30. The van der Waals surface area contributed by atoms with E-state index in [1.165, 1.54) is 5.56 Å². The van der Waals surface area contributed by atoms with Crippen molar-refractivity contribution in [2.75, 3.05) is 0 Å². The van der Waals surface area contributed by atoms with Crippen LogP contribution in [0.2, 0.25) is 0 Å². The first kappa shape index (κ1) is 13.6. The molecule has 0 saturated heterocycles. The number of nitrogens with two attached hydrogens (primary N) is 1. The Kier molecular flexibility index (Phi) is 4.17. The number of aryl methyl sites for hydroxylation is 1. The van der Waals surface area contributed by atoms with Crippen molar-refractivity contribution in [2.24, 2.45) is 5.73 Å². The second-order valence-corrected chi connectivity index (χ2v) is 4.97. The zero-order valence-electron chi connectivity index (χ0n) is 11.7. The molecule has 0 amide bonds. The van der Waals surface area contributed by atoms with Gasteiger partial charge in [-0.15, -0.1) is 0 Å². The SMILES string of the molecule is Cc1ccc(C(C)C)cc1Oc1cnccc1CN. The Morgan fingerprint density at radius 2 is 2.00 bits per heavy atom. The summed E-state index contributed by atoms with van der Waals surface area (Å²) in [6.07, 6.45) is 3.44. The Bertz CT molecular complexity index is 564. The van der Waals surface area contributed by atoms with Crippen LogP contribution in [0.4, 0.5) is 0 Å². The summed E-state index contributed by atoms with van der Waals surface area (Å²) in [6, 6.07) is 8.20. The molecule has 0 atom stereocenters. The average Bonchev–Trinajstić information content (AvgIpc) is 2.41. The molecule has 3 heteroatoms. The highest BCUT2D eigenvalue weighted by Gasteiger charge is 2.08. The molecule has 1 aromatic carbocycles. The van der Waals surface area contributed by atoms with E-state index in [4.69, 9.17) is 10.5 Å². The molecular weight excluding hydrogens is 236 g/mol. The predicted octanol–water partition coefficient (Wildman–Crippen LogP) is 3.76. The van der Waals surface area contributed by atoms with Gasteiger partial charge in [-0.3, -0.25) is 4.98 Å². The van der Waals surface area contributed by atoms with Gasteiger partial charge in [0.2, 0.25) is 0 Å². The number of benzene rings is 1. The van der Waals surface area contributed by atoms with Crippen LogP contribution in [0, 0.1) is 6.92 Å². The fourth-order valence-corrected chi connectivity index (χ4v) is 1.87. The van der Waals surface area contributed by atoms with Crippen molar-refractivity contribution in [2.45, 2.75) is 33.2 Å². The lowest BCUT2D eigenvalue weighted by atomic mass is 10.0. The average molecular weight is 256 g/mol. The van der Waals surface area contributed by atoms with E-state index in [1.54, 1.807) is 12.4 Å². The normalized spacial score (nSPS) is 10.8. The molecule has 0 aliphatic heterocycles. The zero-order valence-corrected chi connectivity index (χ0v) is 11.7. The molecule has 0 fully saturated rings. The Morgan fingerprint density at radius 3 is 2.68 bits per heavy atom. The number of hydrogen-bond donors (Lipinski definition) is 1. The minimum atomic E-state index is 0.445. The summed E-state index contributed by atoms with van der Waals surface area (Å²) in [5.41, 5.74) is 9.05. The van der Waals surface area contributed by atoms with Crippen molar-refractivity contribution >= 4 is 0 Å². The van der Waals surface area contributed by atoms with Crippen molar-refractivity contribution in [1.29, 1.82) is 0 Å². The van der Waals surface area contributed by atoms with Gasteiger partial charge in [-0.1, -0.05) is 26.0 Å². The van der Waals surface area contributed by atoms with Crippen LogP contribution in [-0.2, 0) is 6.54 Å². The first-order chi connectivity index (χ1) is 9.11. The van der Waals surface area contributed by atoms with Gasteiger partial charge < -0.3 is 10.5 Å². The van der Waals surface area contributed by atoms with Gasteiger partial charge in [0.25, 0.3) is 0 Å². The highest BCUT2D eigenvalue weighted by atomic mass is 16.5. The number of rotatable bonds is 4. The smallest absolute Gasteiger partial charge is 0.150 e. The van der Waals surface area contributed by atoms with E-state index in [0.29, 0.717) is 12.5 Å². The van der Waals surface area contributed by atoms with Gasteiger partial charge in [0.15, 0.2) is 0 Å². The zero-order chi connectivity index (χ0) is 13.8. The molecule has 3 nitrogen and oxygen atoms in total. The number of pyridine rings is 1. The third kappa shape index (κ3) is 3.12. The molecular formula is C16H20N2O. The van der Waals surface area contributed by atoms with Gasteiger partial charge in [-0.25, -0.2) is 0 Å². The van der Waals surface area contributed by atoms with E-state index in [2.05, 4.69) is 37.0 Å². The van der Waals surface area contributed by atoms with Gasteiger partial charge in [0, 0.05) is 18.3 Å². The molecule has 19 heavy (non-hydrogen) atoms. The van der Waals surface area contributed by atoms with Gasteiger partial charge >= 0.3 is 0 Å². The maximum Gasteiger partial charge on any atom is 0.150 e. The first-order valence-corrected chi connectivity index (χ1v) is 6.53. The summed E-state index contributed by atoms with van der Waals surface area (Å²) in [5.74, 6) is 2.08. The molecule has 1 aromatic heterocycles. The van der Waals surface area contributed by atoms with Crippen LogP contribution in [0.25, 0.3) is 0 Å². The standard InChI is InChI=1S/C16H20N2O/c1-11(2)13-5-4-12(3)15(8-13)19-16-10-18-7-6-14(16)9-17/h4-8,10-11H,9,17H2,1-3H3. The Labute approximate surface area is 114 Å². The van der Waals surface area contributed by atoms with E-state index in [1.807, 2.05) is 13.0 Å². The quantitative estimate of drug-likeness (QED) is 0.906. The third-order valence-corrected chi connectivity index (χ3v) is 3.19. The van der Waals surface area contributed by atoms with Crippen LogP contribution in [0.15, 0.2) is 36.7 Å². The maximum atomic E-state index is 5.98. The number of hydrogen-bond acceptors (Lipinski definition) is 3. The minimum Gasteiger partial charge on any atom is -0.455 e. The highest BCUT2D eigenvalue weighted by molar-refractivity contribution is 5.42. The van der Waals surface area contributed by atoms with E-state index in [-0.39, 0.29) is 0 Å². The Balaban J connectivity index is 2.34. The molecule has 0 radical (unpaired) electrons. The largest absolute Gasteiger partial charge is 0.455 e. The molecule has 0 bridgehead atoms. The van der Waals surface area contributed by atoms with Crippen LogP contribution in [0.1, 0.15) is 36.5 Å². The third-order valence-electron chi connectivity index (χ3n) is 3.19. The van der Waals surface area contributed by atoms with E-state index < -0.39 is 0 Å². The van der Waals surface area contributed by atoms with Gasteiger partial charge in [-0.05, 0) is 36.1 Å². The molecule has 0 aliphatic rings.